The molecule has 0 atom stereocenters. The molecule has 8 rings (SSSR count). The minimum Gasteiger partial charge on any atom is -0.455 e. The summed E-state index contributed by atoms with van der Waals surface area (Å²) in [5, 5.41) is 1.92. The predicted molar refractivity (Wildman–Crippen MR) is 158 cm³/mol. The van der Waals surface area contributed by atoms with Crippen LogP contribution in [0.3, 0.4) is 0 Å². The Morgan fingerprint density at radius 3 is 2.33 bits per heavy atom. The minimum atomic E-state index is -0.553. The average molecular weight is 509 g/mol. The third kappa shape index (κ3) is 3.50. The Balaban J connectivity index is 1.35. The quantitative estimate of drug-likeness (QED) is 0.239. The number of furan rings is 1. The number of benzene rings is 6. The molecule has 0 bridgehead atoms. The first-order valence-electron chi connectivity index (χ1n) is 16.7. The van der Waals surface area contributed by atoms with E-state index in [1.807, 2.05) is 42.5 Å². The monoisotopic (exact) mass is 508 g/mol. The first kappa shape index (κ1) is 14.6. The van der Waals surface area contributed by atoms with Gasteiger partial charge in [0.1, 0.15) is 17.5 Å². The van der Waals surface area contributed by atoms with Crippen molar-refractivity contribution in [3.8, 4) is 33.9 Å². The molecule has 4 heteroatoms. The molecule has 4 nitrogen and oxygen atoms in total. The van der Waals surface area contributed by atoms with Gasteiger partial charge >= 0.3 is 0 Å². The lowest BCUT2D eigenvalue weighted by atomic mass is 9.97. The van der Waals surface area contributed by atoms with Crippen LogP contribution in [0.2, 0.25) is 0 Å². The summed E-state index contributed by atoms with van der Waals surface area (Å²) in [6, 6.07) is 17.6. The molecule has 2 heterocycles. The van der Waals surface area contributed by atoms with E-state index >= 15 is 0 Å². The summed E-state index contributed by atoms with van der Waals surface area (Å²) in [4.78, 5) is 13.3. The van der Waals surface area contributed by atoms with Gasteiger partial charge in [0.25, 0.3) is 0 Å². The number of aromatic nitrogens is 3. The highest BCUT2D eigenvalue weighted by atomic mass is 16.3. The van der Waals surface area contributed by atoms with Crippen LogP contribution in [0.15, 0.2) is 132 Å². The standard InChI is InChI=1S/C35H21N3O/c1-3-10-26-22(7-1)9-5-12-27(26)24-15-17-25(18-16-24)34-36-21-37-35(38-34)30-13-6-14-31-32(30)29-20-19-23-8-2-4-11-28(23)33(29)39-31/h1-21H/i2D,4D,6D,8D,11D,13D,14D,19D,20D. The van der Waals surface area contributed by atoms with Crippen LogP contribution in [0.5, 0.6) is 0 Å². The van der Waals surface area contributed by atoms with Gasteiger partial charge in [-0.3, -0.25) is 0 Å². The lowest BCUT2D eigenvalue weighted by molar-refractivity contribution is 0.672. The molecule has 0 N–H and O–H groups in total. The summed E-state index contributed by atoms with van der Waals surface area (Å²) >= 11 is 0. The number of hydrogen-bond donors (Lipinski definition) is 0. The maximum absolute atomic E-state index is 8.91. The number of fused-ring (bicyclic) bond motifs is 6. The smallest absolute Gasteiger partial charge is 0.164 e. The van der Waals surface area contributed by atoms with Gasteiger partial charge in [-0.05, 0) is 39.4 Å². The molecular formula is C35H21N3O. The molecule has 182 valence electrons. The van der Waals surface area contributed by atoms with Gasteiger partial charge in [-0.25, -0.2) is 15.0 Å². The van der Waals surface area contributed by atoms with Gasteiger partial charge in [-0.2, -0.15) is 0 Å². The van der Waals surface area contributed by atoms with Gasteiger partial charge in [0.2, 0.25) is 0 Å². The van der Waals surface area contributed by atoms with Crippen molar-refractivity contribution in [2.45, 2.75) is 0 Å². The van der Waals surface area contributed by atoms with E-state index in [4.69, 9.17) is 16.8 Å². The normalized spacial score (nSPS) is 14.8. The molecule has 0 aliphatic carbocycles. The van der Waals surface area contributed by atoms with Gasteiger partial charge in [0.05, 0.1) is 12.3 Å². The Bertz CT molecular complexity index is 2670. The van der Waals surface area contributed by atoms with Crippen molar-refractivity contribution >= 4 is 43.5 Å². The second-order valence-corrected chi connectivity index (χ2v) is 9.00. The molecule has 2 aromatic heterocycles. The predicted octanol–water partition coefficient (Wildman–Crippen LogP) is 9.08. The molecule has 0 amide bonds. The van der Waals surface area contributed by atoms with Crippen LogP contribution in [0, 0.1) is 0 Å². The number of hydrogen-bond acceptors (Lipinski definition) is 4. The van der Waals surface area contributed by atoms with E-state index in [9.17, 15) is 0 Å². The Morgan fingerprint density at radius 1 is 0.564 bits per heavy atom. The van der Waals surface area contributed by atoms with Crippen molar-refractivity contribution in [2.24, 2.45) is 0 Å². The second kappa shape index (κ2) is 8.61. The third-order valence-electron chi connectivity index (χ3n) is 6.79. The van der Waals surface area contributed by atoms with Gasteiger partial charge < -0.3 is 4.42 Å². The van der Waals surface area contributed by atoms with Crippen LogP contribution in [0.25, 0.3) is 77.4 Å². The van der Waals surface area contributed by atoms with Gasteiger partial charge in [0, 0.05) is 27.3 Å². The van der Waals surface area contributed by atoms with Crippen molar-refractivity contribution in [3.05, 3.63) is 127 Å². The fourth-order valence-corrected chi connectivity index (χ4v) is 4.97. The Kier molecular flexibility index (Phi) is 3.21. The summed E-state index contributed by atoms with van der Waals surface area (Å²) < 4.78 is 83.1. The maximum atomic E-state index is 8.91. The fourth-order valence-electron chi connectivity index (χ4n) is 4.97. The van der Waals surface area contributed by atoms with Crippen molar-refractivity contribution < 1.29 is 16.8 Å². The topological polar surface area (TPSA) is 51.8 Å². The first-order valence-corrected chi connectivity index (χ1v) is 12.2. The van der Waals surface area contributed by atoms with E-state index in [1.165, 1.54) is 6.33 Å². The lowest BCUT2D eigenvalue weighted by Gasteiger charge is -2.08. The number of rotatable bonds is 3. The first-order chi connectivity index (χ1) is 23.1. The highest BCUT2D eigenvalue weighted by molar-refractivity contribution is 6.18. The maximum Gasteiger partial charge on any atom is 0.164 e. The molecule has 8 aromatic rings. The molecule has 0 saturated carbocycles. The van der Waals surface area contributed by atoms with Gasteiger partial charge in [0.15, 0.2) is 11.6 Å². The molecule has 0 radical (unpaired) electrons. The van der Waals surface area contributed by atoms with Crippen LogP contribution in [0.4, 0.5) is 0 Å². The highest BCUT2D eigenvalue weighted by Crippen LogP contribution is 2.38. The zero-order chi connectivity index (χ0) is 33.6. The highest BCUT2D eigenvalue weighted by Gasteiger charge is 2.17. The molecule has 0 fully saturated rings. The third-order valence-corrected chi connectivity index (χ3v) is 6.79. The average Bonchev–Trinajstić information content (AvgIpc) is 3.50. The largest absolute Gasteiger partial charge is 0.455 e. The molecule has 0 unspecified atom stereocenters. The van der Waals surface area contributed by atoms with E-state index < -0.39 is 54.4 Å². The SMILES string of the molecule is [2H]c1c([2H])c(-c2ncnc(-c3ccc(-c4cccc5ccccc45)cc3)n2)c2c(oc3c4c([2H])c([2H])c([2H])c([2H])c4c([2H])c([2H])c32)c1[2H]. The molecule has 0 spiro atoms. The number of nitrogens with zero attached hydrogens (tertiary/aromatic N) is 3. The molecule has 0 aliphatic rings. The second-order valence-electron chi connectivity index (χ2n) is 9.00. The molecule has 6 aromatic carbocycles. The lowest BCUT2D eigenvalue weighted by Crippen LogP contribution is -1.95. The van der Waals surface area contributed by atoms with Crippen LogP contribution >= 0.6 is 0 Å². The molecule has 0 aliphatic heterocycles. The zero-order valence-electron chi connectivity index (χ0n) is 29.2. The summed E-state index contributed by atoms with van der Waals surface area (Å²) in [6.07, 6.45) is 1.27. The van der Waals surface area contributed by atoms with Crippen LogP contribution in [0.1, 0.15) is 12.3 Å². The summed E-state index contributed by atoms with van der Waals surface area (Å²) in [7, 11) is 0. The molecular weight excluding hydrogens is 478 g/mol. The van der Waals surface area contributed by atoms with E-state index in [1.54, 1.807) is 0 Å². The summed E-state index contributed by atoms with van der Waals surface area (Å²) in [6.45, 7) is 0. The van der Waals surface area contributed by atoms with Crippen molar-refractivity contribution in [2.75, 3.05) is 0 Å². The minimum absolute atomic E-state index is 0.0196. The van der Waals surface area contributed by atoms with E-state index in [0.717, 1.165) is 21.9 Å². The molecule has 0 saturated heterocycles. The van der Waals surface area contributed by atoms with Crippen molar-refractivity contribution in [3.63, 3.8) is 0 Å². The summed E-state index contributed by atoms with van der Waals surface area (Å²) in [5.74, 6) is 0.253. The zero-order valence-corrected chi connectivity index (χ0v) is 20.2. The van der Waals surface area contributed by atoms with Gasteiger partial charge in [-0.1, -0.05) is 109 Å². The van der Waals surface area contributed by atoms with Crippen LogP contribution < -0.4 is 0 Å². The van der Waals surface area contributed by atoms with Crippen molar-refractivity contribution in [1.29, 1.82) is 0 Å². The van der Waals surface area contributed by atoms with E-state index in [0.29, 0.717) is 5.56 Å². The Labute approximate surface area is 236 Å². The van der Waals surface area contributed by atoms with E-state index in [2.05, 4.69) is 39.2 Å². The van der Waals surface area contributed by atoms with E-state index in [-0.39, 0.29) is 49.9 Å². The Hall–Kier alpha value is -5.35. The van der Waals surface area contributed by atoms with Crippen molar-refractivity contribution in [1.82, 2.24) is 15.0 Å². The fraction of sp³-hybridized carbons (Fsp3) is 0. The van der Waals surface area contributed by atoms with Crippen LogP contribution in [-0.2, 0) is 0 Å². The summed E-state index contributed by atoms with van der Waals surface area (Å²) in [5.41, 5.74) is 2.37. The van der Waals surface area contributed by atoms with Gasteiger partial charge in [-0.15, -0.1) is 0 Å². The van der Waals surface area contributed by atoms with Crippen LogP contribution in [-0.4, -0.2) is 15.0 Å². The molecule has 39 heavy (non-hydrogen) atoms. The Morgan fingerprint density at radius 2 is 1.38 bits per heavy atom.